The molecule has 0 unspecified atom stereocenters. The van der Waals surface area contributed by atoms with Crippen LogP contribution in [0.4, 0.5) is 0 Å². The number of nitrogens with zero attached hydrogens (tertiary/aromatic N) is 8. The van der Waals surface area contributed by atoms with E-state index in [1.165, 1.54) is 71.2 Å². The van der Waals surface area contributed by atoms with Gasteiger partial charge in [0.25, 0.3) is 0 Å². The standard InChI is InChI=1S/C61H47N4.C56H45N4.2Pt/c1-40(2)47-25-17-26-48(41(3)4)60(47)42-34-35-62-59(36-42)65-55-29-13-10-24-51(55)52-33-32-44(38-58(52)65)61(53-27-11-8-22-49(53)50-23-9-12-28-54(50)61)43-18-16-21-46(37-43)64-39-63(45-19-6-5-7-20-45)56-30-14-15-31-57(56)64;1-36(2)42-21-15-22-43(37(3)4)55(42)38-30-31-57-54(32-38)60-50-25-11-8-20-46(50)47-29-28-40(34-53(47)60)56(48-23-9-6-18-44(48)45-19-7-10-24-49(45)56)39-16-14-17-41(33-39)59-35-58(5)51-26-12-13-27-52(51)59;;/h5-36,39-41H,1-4H3;6-32,35-37H,1-5H3;;/q2*-1;;/i;5D3;;. The Labute approximate surface area is 775 Å². The monoisotopic (exact) mass is 2000 g/mol. The maximum Gasteiger partial charge on any atom is 0.188 e. The summed E-state index contributed by atoms with van der Waals surface area (Å²) < 4.78 is 37.6. The van der Waals surface area contributed by atoms with Crippen molar-refractivity contribution in [3.05, 3.63) is 462 Å². The zero-order chi connectivity index (χ0) is 87.0. The van der Waals surface area contributed by atoms with E-state index in [1.54, 1.807) is 6.33 Å². The van der Waals surface area contributed by atoms with Crippen LogP contribution >= 0.6 is 0 Å². The second-order valence-electron chi connectivity index (χ2n) is 34.6. The van der Waals surface area contributed by atoms with E-state index in [0.29, 0.717) is 29.2 Å². The second-order valence-corrected chi connectivity index (χ2v) is 34.6. The molecule has 6 aromatic heterocycles. The van der Waals surface area contributed by atoms with Gasteiger partial charge in [0.15, 0.2) is 34.7 Å². The Kier molecular flexibility index (Phi) is 20.2. The summed E-state index contributed by atoms with van der Waals surface area (Å²) in [6.45, 7) is 15.9. The van der Waals surface area contributed by atoms with Crippen molar-refractivity contribution >= 4 is 65.7 Å². The van der Waals surface area contributed by atoms with Gasteiger partial charge in [-0.15, -0.1) is 51.2 Å². The number of hydrogen-bond acceptors (Lipinski definition) is 2. The minimum Gasteiger partial charge on any atom is -0.319 e. The van der Waals surface area contributed by atoms with Gasteiger partial charge >= 0.3 is 0 Å². The molecule has 6 heterocycles. The van der Waals surface area contributed by atoms with Crippen molar-refractivity contribution in [1.29, 1.82) is 0 Å². The molecule has 21 aromatic rings. The summed E-state index contributed by atoms with van der Waals surface area (Å²) in [7, 11) is 0. The van der Waals surface area contributed by atoms with Crippen LogP contribution in [0.3, 0.4) is 0 Å². The minimum atomic E-state index is -2.36. The Morgan fingerprint density at radius 1 is 0.299 bits per heavy atom. The van der Waals surface area contributed by atoms with Gasteiger partial charge in [0.05, 0.1) is 0 Å². The van der Waals surface area contributed by atoms with E-state index >= 15 is 0 Å². The molecule has 0 fully saturated rings. The van der Waals surface area contributed by atoms with Crippen LogP contribution in [0.1, 0.15) is 150 Å². The van der Waals surface area contributed by atoms with Crippen LogP contribution in [0.25, 0.3) is 139 Å². The fourth-order valence-corrected chi connectivity index (χ4v) is 20.8. The van der Waals surface area contributed by atoms with Gasteiger partial charge in [-0.05, 0) is 184 Å². The van der Waals surface area contributed by atoms with E-state index in [4.69, 9.17) is 14.1 Å². The third kappa shape index (κ3) is 13.0. The molecule has 2 aliphatic rings. The third-order valence-electron chi connectivity index (χ3n) is 26.3. The Hall–Kier alpha value is -13.5. The van der Waals surface area contributed by atoms with Crippen LogP contribution in [-0.2, 0) is 59.9 Å². The van der Waals surface area contributed by atoms with E-state index in [9.17, 15) is 0 Å². The second kappa shape index (κ2) is 32.8. The molecule has 0 N–H and O–H groups in total. The molecular weight excluding hydrogens is 1910 g/mol. The first-order valence-electron chi connectivity index (χ1n) is 45.1. The van der Waals surface area contributed by atoms with Gasteiger partial charge in [-0.2, -0.15) is 65.2 Å². The maximum atomic E-state index is 8.37. The zero-order valence-corrected chi connectivity index (χ0v) is 76.3. The van der Waals surface area contributed by atoms with Gasteiger partial charge in [0, 0.05) is 123 Å². The maximum absolute atomic E-state index is 8.37. The predicted molar refractivity (Wildman–Crippen MR) is 515 cm³/mol. The van der Waals surface area contributed by atoms with E-state index in [0.717, 1.165) is 134 Å². The fraction of sp³-hybridized carbons (Fsp3) is 0.128. The van der Waals surface area contributed by atoms with Gasteiger partial charge in [0.2, 0.25) is 0 Å². The van der Waals surface area contributed by atoms with Crippen molar-refractivity contribution in [3.63, 3.8) is 0 Å². The van der Waals surface area contributed by atoms with Crippen molar-refractivity contribution in [1.82, 2.24) is 37.4 Å². The molecule has 0 amide bonds. The number of imidazole rings is 2. The summed E-state index contributed by atoms with van der Waals surface area (Å²) in [4.78, 5) is 10.3. The van der Waals surface area contributed by atoms with Gasteiger partial charge in [-0.1, -0.05) is 273 Å². The van der Waals surface area contributed by atoms with Crippen molar-refractivity contribution in [2.24, 2.45) is 6.98 Å². The first-order valence-corrected chi connectivity index (χ1v) is 43.6. The summed E-state index contributed by atoms with van der Waals surface area (Å²) in [5.41, 5.74) is 32.8. The Morgan fingerprint density at radius 2 is 0.638 bits per heavy atom. The van der Waals surface area contributed by atoms with Crippen molar-refractivity contribution in [2.45, 2.75) is 89.9 Å². The SMILES string of the molecule is CC(C)c1cccc(C(C)C)c1-c1ccnc(-n2c3[c-]c(C4(c5[c-]c(-n6[cH+]n(-c7ccccc7)c7ccccc76)ccc5)c5ccccc5-c5ccccc54)ccc3c3ccccc32)c1.[2H]C([2H])([2H])n1[cH+]n(-c2[c-]c(C3(c4[c-]c5c(cc4)c4ccccc4n5-c4cc(-c5c(C(C)C)cccc5C(C)C)ccn4)c4ccccc4-c4ccccc43)ccc2)c2ccccc21.[Pt].[Pt]. The number of fused-ring (bicyclic) bond motifs is 14. The molecule has 0 bridgehead atoms. The molecule has 23 rings (SSSR count). The molecule has 8 nitrogen and oxygen atoms in total. The Balaban J connectivity index is 0.000000160. The number of aryl methyl sites for hydroxylation is 1. The topological polar surface area (TPSA) is 55.4 Å². The van der Waals surface area contributed by atoms with Crippen LogP contribution in [0.5, 0.6) is 0 Å². The van der Waals surface area contributed by atoms with Crippen LogP contribution in [-0.4, -0.2) is 37.4 Å². The minimum absolute atomic E-state index is 0. The van der Waals surface area contributed by atoms with Crippen LogP contribution < -0.4 is 0 Å². The van der Waals surface area contributed by atoms with Crippen molar-refractivity contribution < 1.29 is 46.2 Å². The van der Waals surface area contributed by atoms with Gasteiger partial charge < -0.3 is 9.13 Å². The van der Waals surface area contributed by atoms with Crippen molar-refractivity contribution in [2.75, 3.05) is 0 Å². The number of pyridine rings is 2. The molecule has 2 aliphatic carbocycles. The molecule has 0 saturated carbocycles. The van der Waals surface area contributed by atoms with Crippen LogP contribution in [0.15, 0.2) is 371 Å². The number of rotatable bonds is 15. The first-order chi connectivity index (χ1) is 62.5. The molecule has 622 valence electrons. The number of para-hydroxylation sites is 7. The van der Waals surface area contributed by atoms with Crippen molar-refractivity contribution in [3.8, 4) is 73.2 Å². The number of hydrogen-bond donors (Lipinski definition) is 0. The summed E-state index contributed by atoms with van der Waals surface area (Å²) in [6.07, 6.45) is 7.80. The summed E-state index contributed by atoms with van der Waals surface area (Å²) in [5.74, 6) is 3.14. The summed E-state index contributed by atoms with van der Waals surface area (Å²) >= 11 is 0. The molecular formula is C117H92N8Pt2-2. The largest absolute Gasteiger partial charge is 0.319 e. The average molecular weight is 2000 g/mol. The summed E-state index contributed by atoms with van der Waals surface area (Å²) in [5, 5.41) is 4.53. The summed E-state index contributed by atoms with van der Waals surface area (Å²) in [6, 6.07) is 140. The fourth-order valence-electron chi connectivity index (χ4n) is 20.8. The van der Waals surface area contributed by atoms with Crippen LogP contribution in [0.2, 0.25) is 0 Å². The van der Waals surface area contributed by atoms with Gasteiger partial charge in [-0.3, -0.25) is 0 Å². The van der Waals surface area contributed by atoms with Gasteiger partial charge in [0.1, 0.15) is 17.3 Å². The zero-order valence-electron chi connectivity index (χ0n) is 74.7. The third-order valence-corrected chi connectivity index (χ3v) is 26.3. The molecule has 0 saturated heterocycles. The molecule has 0 aliphatic heterocycles. The molecule has 0 radical (unpaired) electrons. The van der Waals surface area contributed by atoms with Crippen LogP contribution in [0, 0.1) is 24.3 Å². The van der Waals surface area contributed by atoms with E-state index < -0.39 is 17.8 Å². The predicted octanol–water partition coefficient (Wildman–Crippen LogP) is 28.7. The first kappa shape index (κ1) is 78.3. The number of benzene rings is 15. The van der Waals surface area contributed by atoms with Gasteiger partial charge in [-0.25, -0.2) is 23.7 Å². The van der Waals surface area contributed by atoms with E-state index in [2.05, 4.69) is 420 Å². The van der Waals surface area contributed by atoms with E-state index in [1.807, 2.05) is 47.3 Å². The van der Waals surface area contributed by atoms with E-state index in [-0.39, 0.29) is 42.1 Å². The Morgan fingerprint density at radius 3 is 1.05 bits per heavy atom. The normalized spacial score (nSPS) is 13.3. The molecule has 10 heteroatoms. The molecule has 15 aromatic carbocycles. The average Bonchev–Trinajstić information content (AvgIpc) is 1.53. The number of aromatic nitrogens is 8. The molecule has 0 spiro atoms. The molecule has 127 heavy (non-hydrogen) atoms. The molecule has 0 atom stereocenters. The smallest absolute Gasteiger partial charge is 0.188 e. The quantitative estimate of drug-likeness (QED) is 0.0961. The Bertz CT molecular complexity index is 7860.